The molecule has 2 heterocycles. The molecule has 1 saturated heterocycles. The van der Waals surface area contributed by atoms with E-state index in [2.05, 4.69) is 27.2 Å². The molecule has 1 aliphatic carbocycles. The quantitative estimate of drug-likeness (QED) is 0.849. The van der Waals surface area contributed by atoms with Crippen LogP contribution in [0.1, 0.15) is 11.3 Å². The summed E-state index contributed by atoms with van der Waals surface area (Å²) in [4.78, 5) is 10.7. The van der Waals surface area contributed by atoms with Crippen LogP contribution in [0.4, 0.5) is 5.82 Å². The second-order valence-corrected chi connectivity index (χ2v) is 6.41. The molecule has 0 saturated carbocycles. The van der Waals surface area contributed by atoms with E-state index in [1.807, 2.05) is 0 Å². The Balaban J connectivity index is 1.68. The average Bonchev–Trinajstić information content (AvgIpc) is 2.97. The van der Waals surface area contributed by atoms with Gasteiger partial charge in [-0.3, -0.25) is 4.90 Å². The summed E-state index contributed by atoms with van der Waals surface area (Å²) in [5, 5.41) is 10.1. The lowest BCUT2D eigenvalue weighted by Gasteiger charge is -2.16. The maximum absolute atomic E-state index is 10.1. The standard InChI is InChI=1S/C14H20N4OS/c1-20-7-10-5-18(6-12(10)19)4-9-2-3-11-13(9)16-8-17-14(11)15/h2,8,10,12,19H,3-7H2,1H3,(H2,15,16,17)/t10-,12?/m1/s1. The monoisotopic (exact) mass is 292 g/mol. The number of hydrogen-bond donors (Lipinski definition) is 2. The number of likely N-dealkylation sites (tertiary alicyclic amines) is 1. The fraction of sp³-hybridized carbons (Fsp3) is 0.571. The van der Waals surface area contributed by atoms with E-state index in [9.17, 15) is 5.11 Å². The van der Waals surface area contributed by atoms with Gasteiger partial charge in [0.2, 0.25) is 0 Å². The Bertz CT molecular complexity index is 534. The average molecular weight is 292 g/mol. The normalized spacial score (nSPS) is 25.8. The Morgan fingerprint density at radius 3 is 3.10 bits per heavy atom. The van der Waals surface area contributed by atoms with E-state index in [1.165, 1.54) is 11.9 Å². The Morgan fingerprint density at radius 1 is 1.45 bits per heavy atom. The van der Waals surface area contributed by atoms with Gasteiger partial charge in [-0.25, -0.2) is 9.97 Å². The van der Waals surface area contributed by atoms with Crippen molar-refractivity contribution in [1.82, 2.24) is 14.9 Å². The first-order chi connectivity index (χ1) is 9.69. The van der Waals surface area contributed by atoms with E-state index in [0.717, 1.165) is 43.1 Å². The highest BCUT2D eigenvalue weighted by Gasteiger charge is 2.32. The van der Waals surface area contributed by atoms with Crippen molar-refractivity contribution < 1.29 is 5.11 Å². The lowest BCUT2D eigenvalue weighted by molar-refractivity contribution is 0.151. The summed E-state index contributed by atoms with van der Waals surface area (Å²) in [6.07, 6.45) is 6.42. The van der Waals surface area contributed by atoms with E-state index in [-0.39, 0.29) is 6.10 Å². The van der Waals surface area contributed by atoms with Gasteiger partial charge >= 0.3 is 0 Å². The van der Waals surface area contributed by atoms with Crippen molar-refractivity contribution >= 4 is 23.2 Å². The molecular formula is C14H20N4OS. The summed E-state index contributed by atoms with van der Waals surface area (Å²) in [5.41, 5.74) is 9.13. The predicted molar refractivity (Wildman–Crippen MR) is 82.4 cm³/mol. The van der Waals surface area contributed by atoms with Gasteiger partial charge in [0.15, 0.2) is 0 Å². The molecule has 0 bridgehead atoms. The van der Waals surface area contributed by atoms with E-state index < -0.39 is 0 Å². The molecular weight excluding hydrogens is 272 g/mol. The highest BCUT2D eigenvalue weighted by molar-refractivity contribution is 7.98. The van der Waals surface area contributed by atoms with Crippen LogP contribution in [0, 0.1) is 5.92 Å². The van der Waals surface area contributed by atoms with E-state index in [0.29, 0.717) is 11.7 Å². The Labute approximate surface area is 123 Å². The summed E-state index contributed by atoms with van der Waals surface area (Å²) >= 11 is 1.80. The van der Waals surface area contributed by atoms with Crippen molar-refractivity contribution in [2.24, 2.45) is 5.92 Å². The molecule has 1 aromatic rings. The van der Waals surface area contributed by atoms with Crippen molar-refractivity contribution in [1.29, 1.82) is 0 Å². The molecule has 6 heteroatoms. The molecule has 0 amide bonds. The van der Waals surface area contributed by atoms with E-state index in [4.69, 9.17) is 5.73 Å². The zero-order valence-corrected chi connectivity index (χ0v) is 12.4. The molecule has 0 radical (unpaired) electrons. The smallest absolute Gasteiger partial charge is 0.130 e. The SMILES string of the molecule is CSC[C@H]1CN(CC2=CCc3c(N)ncnc32)CC1O. The van der Waals surface area contributed by atoms with Gasteiger partial charge in [-0.15, -0.1) is 0 Å². The third kappa shape index (κ3) is 2.55. The Hall–Kier alpha value is -1.11. The summed E-state index contributed by atoms with van der Waals surface area (Å²) in [5.74, 6) is 1.98. The first kappa shape index (κ1) is 13.9. The molecule has 20 heavy (non-hydrogen) atoms. The molecule has 1 fully saturated rings. The molecule has 5 nitrogen and oxygen atoms in total. The number of hydrogen-bond acceptors (Lipinski definition) is 6. The van der Waals surface area contributed by atoms with Crippen LogP contribution in [-0.2, 0) is 6.42 Å². The fourth-order valence-corrected chi connectivity index (χ4v) is 3.81. The number of anilines is 1. The highest BCUT2D eigenvalue weighted by atomic mass is 32.2. The Kier molecular flexibility index (Phi) is 3.96. The van der Waals surface area contributed by atoms with Crippen molar-refractivity contribution in [3.63, 3.8) is 0 Å². The van der Waals surface area contributed by atoms with Gasteiger partial charge in [-0.2, -0.15) is 11.8 Å². The van der Waals surface area contributed by atoms with Gasteiger partial charge in [0.05, 0.1) is 11.8 Å². The summed E-state index contributed by atoms with van der Waals surface area (Å²) in [7, 11) is 0. The first-order valence-corrected chi connectivity index (χ1v) is 8.26. The number of nitrogens with zero attached hydrogens (tertiary/aromatic N) is 3. The molecule has 108 valence electrons. The zero-order chi connectivity index (χ0) is 14.1. The number of thioether (sulfide) groups is 1. The van der Waals surface area contributed by atoms with Crippen LogP contribution in [0.3, 0.4) is 0 Å². The molecule has 3 N–H and O–H groups in total. The largest absolute Gasteiger partial charge is 0.391 e. The number of rotatable bonds is 4. The maximum Gasteiger partial charge on any atom is 0.130 e. The van der Waals surface area contributed by atoms with Crippen molar-refractivity contribution in [3.8, 4) is 0 Å². The van der Waals surface area contributed by atoms with Gasteiger partial charge in [0, 0.05) is 31.1 Å². The minimum Gasteiger partial charge on any atom is -0.391 e. The van der Waals surface area contributed by atoms with Crippen LogP contribution in [0.5, 0.6) is 0 Å². The summed E-state index contributed by atoms with van der Waals surface area (Å²) < 4.78 is 0. The van der Waals surface area contributed by atoms with Gasteiger partial charge in [0.25, 0.3) is 0 Å². The van der Waals surface area contributed by atoms with Crippen LogP contribution in [0.15, 0.2) is 12.4 Å². The lowest BCUT2D eigenvalue weighted by atomic mass is 10.1. The molecule has 2 atom stereocenters. The predicted octanol–water partition coefficient (Wildman–Crippen LogP) is 0.654. The molecule has 0 spiro atoms. The fourth-order valence-electron chi connectivity index (χ4n) is 3.05. The second-order valence-electron chi connectivity index (χ2n) is 5.50. The molecule has 1 aliphatic heterocycles. The van der Waals surface area contributed by atoms with Gasteiger partial charge in [0.1, 0.15) is 12.1 Å². The zero-order valence-electron chi connectivity index (χ0n) is 11.6. The number of nitrogen functional groups attached to an aromatic ring is 1. The van der Waals surface area contributed by atoms with Gasteiger partial charge in [-0.05, 0) is 24.0 Å². The number of aliphatic hydroxyl groups is 1. The highest BCUT2D eigenvalue weighted by Crippen LogP contribution is 2.30. The van der Waals surface area contributed by atoms with Crippen LogP contribution in [0.2, 0.25) is 0 Å². The van der Waals surface area contributed by atoms with E-state index in [1.54, 1.807) is 11.8 Å². The molecule has 1 unspecified atom stereocenters. The number of fused-ring (bicyclic) bond motifs is 1. The van der Waals surface area contributed by atoms with Crippen LogP contribution >= 0.6 is 11.8 Å². The molecule has 2 aliphatic rings. The van der Waals surface area contributed by atoms with E-state index >= 15 is 0 Å². The van der Waals surface area contributed by atoms with Crippen molar-refractivity contribution in [2.75, 3.05) is 37.4 Å². The van der Waals surface area contributed by atoms with Gasteiger partial charge in [-0.1, -0.05) is 6.08 Å². The number of nitrogens with two attached hydrogens (primary N) is 1. The van der Waals surface area contributed by atoms with Gasteiger partial charge < -0.3 is 10.8 Å². The molecule has 1 aromatic heterocycles. The number of allylic oxidation sites excluding steroid dienone is 1. The lowest BCUT2D eigenvalue weighted by Crippen LogP contribution is -2.24. The van der Waals surface area contributed by atoms with Crippen molar-refractivity contribution in [3.05, 3.63) is 23.7 Å². The Morgan fingerprint density at radius 2 is 2.30 bits per heavy atom. The van der Waals surface area contributed by atoms with Crippen LogP contribution in [0.25, 0.3) is 5.57 Å². The third-order valence-electron chi connectivity index (χ3n) is 4.09. The minimum absolute atomic E-state index is 0.209. The van der Waals surface area contributed by atoms with Crippen LogP contribution in [-0.4, -0.2) is 57.7 Å². The number of aliphatic hydroxyl groups excluding tert-OH is 1. The molecule has 0 aromatic carbocycles. The minimum atomic E-state index is -0.209. The van der Waals surface area contributed by atoms with Crippen LogP contribution < -0.4 is 5.73 Å². The second kappa shape index (κ2) is 5.71. The first-order valence-electron chi connectivity index (χ1n) is 6.87. The number of aromatic nitrogens is 2. The molecule has 3 rings (SSSR count). The summed E-state index contributed by atoms with van der Waals surface area (Å²) in [6.45, 7) is 2.54. The maximum atomic E-state index is 10.1. The topological polar surface area (TPSA) is 75.3 Å². The third-order valence-corrected chi connectivity index (χ3v) is 4.85. The number of β-amino-alcohol motifs (C(OH)–C–C–N with tert-alkyl or cyclic N) is 1. The van der Waals surface area contributed by atoms with Crippen molar-refractivity contribution in [2.45, 2.75) is 12.5 Å². The summed E-state index contributed by atoms with van der Waals surface area (Å²) in [6, 6.07) is 0.